The summed E-state index contributed by atoms with van der Waals surface area (Å²) in [7, 11) is 1.45. The summed E-state index contributed by atoms with van der Waals surface area (Å²) in [5.74, 6) is -4.56. The Hall–Kier alpha value is -3.15. The highest BCUT2D eigenvalue weighted by Crippen LogP contribution is 2.44. The van der Waals surface area contributed by atoms with Crippen LogP contribution in [0.2, 0.25) is 0 Å². The fourth-order valence-electron chi connectivity index (χ4n) is 4.73. The number of rotatable bonds is 4. The number of allylic oxidation sites excluding steroid dienone is 2. The van der Waals surface area contributed by atoms with Gasteiger partial charge in [-0.05, 0) is 6.08 Å². The molecule has 176 valence electrons. The van der Waals surface area contributed by atoms with Gasteiger partial charge in [-0.1, -0.05) is 6.08 Å². The van der Waals surface area contributed by atoms with Crippen molar-refractivity contribution in [1.29, 1.82) is 0 Å². The molecule has 1 saturated heterocycles. The Morgan fingerprint density at radius 3 is 2.76 bits per heavy atom. The maximum atomic E-state index is 15.1. The Kier molecular flexibility index (Phi) is 5.07. The summed E-state index contributed by atoms with van der Waals surface area (Å²) in [6, 6.07) is 0.419. The SMILES string of the molecule is COC1C=CC(c2c(F)cc3c(N)ncnn23)=CN1[C@@H]1CN(C(=O)C2CC(F)(F)C2)C[C@@H]1F. The molecule has 5 rings (SSSR count). The zero-order chi connectivity index (χ0) is 23.5. The van der Waals surface area contributed by atoms with Gasteiger partial charge < -0.3 is 20.3 Å². The topological polar surface area (TPSA) is 89.0 Å². The van der Waals surface area contributed by atoms with Crippen molar-refractivity contribution in [1.82, 2.24) is 24.4 Å². The van der Waals surface area contributed by atoms with Gasteiger partial charge in [0.2, 0.25) is 11.8 Å². The van der Waals surface area contributed by atoms with Crippen LogP contribution in [0.5, 0.6) is 0 Å². The lowest BCUT2D eigenvalue weighted by molar-refractivity contribution is -0.159. The highest BCUT2D eigenvalue weighted by molar-refractivity contribution is 5.81. The Bertz CT molecular complexity index is 1160. The molecule has 1 amide bonds. The zero-order valence-corrected chi connectivity index (χ0v) is 17.7. The van der Waals surface area contributed by atoms with Gasteiger partial charge in [0.05, 0.1) is 12.6 Å². The normalized spacial score (nSPS) is 27.2. The van der Waals surface area contributed by atoms with E-state index in [0.29, 0.717) is 5.57 Å². The fourth-order valence-corrected chi connectivity index (χ4v) is 4.73. The van der Waals surface area contributed by atoms with Gasteiger partial charge in [0.15, 0.2) is 11.6 Å². The average Bonchev–Trinajstić information content (AvgIpc) is 3.31. The molecule has 2 N–H and O–H groups in total. The highest BCUT2D eigenvalue weighted by atomic mass is 19.3. The van der Waals surface area contributed by atoms with Crippen molar-refractivity contribution in [2.45, 2.75) is 37.2 Å². The number of methoxy groups -OCH3 is 1. The lowest BCUT2D eigenvalue weighted by Gasteiger charge is -2.37. The lowest BCUT2D eigenvalue weighted by Crippen LogP contribution is -2.48. The highest BCUT2D eigenvalue weighted by Gasteiger charge is 2.51. The molecule has 1 unspecified atom stereocenters. The van der Waals surface area contributed by atoms with Crippen molar-refractivity contribution < 1.29 is 27.1 Å². The number of nitrogens with zero attached hydrogens (tertiary/aromatic N) is 5. The van der Waals surface area contributed by atoms with Crippen LogP contribution in [0.3, 0.4) is 0 Å². The lowest BCUT2D eigenvalue weighted by atomic mass is 9.80. The molecule has 0 aromatic carbocycles. The molecule has 0 radical (unpaired) electrons. The van der Waals surface area contributed by atoms with Gasteiger partial charge in [-0.25, -0.2) is 27.1 Å². The third-order valence-electron chi connectivity index (χ3n) is 6.45. The van der Waals surface area contributed by atoms with Gasteiger partial charge in [0.25, 0.3) is 0 Å². The first-order valence-electron chi connectivity index (χ1n) is 10.5. The van der Waals surface area contributed by atoms with Crippen LogP contribution < -0.4 is 5.73 Å². The predicted molar refractivity (Wildman–Crippen MR) is 110 cm³/mol. The van der Waals surface area contributed by atoms with Gasteiger partial charge in [-0.15, -0.1) is 0 Å². The maximum Gasteiger partial charge on any atom is 0.249 e. The molecule has 3 aliphatic rings. The van der Waals surface area contributed by atoms with Crippen molar-refractivity contribution in [2.24, 2.45) is 5.92 Å². The minimum atomic E-state index is -2.83. The van der Waals surface area contributed by atoms with Gasteiger partial charge >= 0.3 is 0 Å². The van der Waals surface area contributed by atoms with Crippen molar-refractivity contribution in [3.63, 3.8) is 0 Å². The molecule has 2 aliphatic heterocycles. The van der Waals surface area contributed by atoms with E-state index < -0.39 is 54.8 Å². The van der Waals surface area contributed by atoms with Gasteiger partial charge in [0, 0.05) is 50.3 Å². The quantitative estimate of drug-likeness (QED) is 0.696. The number of ether oxygens (including phenoxy) is 1. The van der Waals surface area contributed by atoms with E-state index in [9.17, 15) is 18.0 Å². The molecular formula is C21H22F4N6O2. The first-order valence-corrected chi connectivity index (χ1v) is 10.5. The van der Waals surface area contributed by atoms with E-state index in [1.54, 1.807) is 23.3 Å². The number of aromatic nitrogens is 3. The number of anilines is 1. The maximum absolute atomic E-state index is 15.1. The fraction of sp³-hybridized carbons (Fsp3) is 0.476. The van der Waals surface area contributed by atoms with Crippen LogP contribution in [-0.4, -0.2) is 74.9 Å². The van der Waals surface area contributed by atoms with Crippen LogP contribution >= 0.6 is 0 Å². The third kappa shape index (κ3) is 3.62. The minimum absolute atomic E-state index is 0.00601. The van der Waals surface area contributed by atoms with Crippen molar-refractivity contribution >= 4 is 22.8 Å². The van der Waals surface area contributed by atoms with Crippen molar-refractivity contribution in [3.8, 4) is 0 Å². The number of hydrogen-bond donors (Lipinski definition) is 1. The molecule has 4 heterocycles. The van der Waals surface area contributed by atoms with Crippen LogP contribution in [0.4, 0.5) is 23.4 Å². The van der Waals surface area contributed by atoms with E-state index in [4.69, 9.17) is 10.5 Å². The van der Waals surface area contributed by atoms with Gasteiger partial charge in [-0.2, -0.15) is 5.10 Å². The number of likely N-dealkylation sites (tertiary alicyclic amines) is 1. The number of halogens is 4. The molecule has 12 heteroatoms. The van der Waals surface area contributed by atoms with Crippen molar-refractivity contribution in [3.05, 3.63) is 42.3 Å². The molecule has 2 fully saturated rings. The molecule has 0 spiro atoms. The standard InChI is InChI=1S/C21H22F4N6O2/c1-33-17-3-2-11(18-13(22)4-15-19(26)27-10-28-31(15)18)7-30(17)16-9-29(8-14(16)23)20(32)12-5-21(24,25)6-12/h2-4,7,10,12,14,16-17H,5-6,8-9H2,1H3,(H2,26,27,28)/t14-,16+,17?/m0/s1. The van der Waals surface area contributed by atoms with E-state index in [1.807, 2.05) is 0 Å². The Morgan fingerprint density at radius 1 is 1.30 bits per heavy atom. The summed E-state index contributed by atoms with van der Waals surface area (Å²) in [4.78, 5) is 19.3. The largest absolute Gasteiger partial charge is 0.382 e. The summed E-state index contributed by atoms with van der Waals surface area (Å²) in [5, 5.41) is 4.07. The molecule has 2 aromatic rings. The Morgan fingerprint density at radius 2 is 2.06 bits per heavy atom. The summed E-state index contributed by atoms with van der Waals surface area (Å²) < 4.78 is 63.1. The second kappa shape index (κ2) is 7.72. The molecule has 1 aliphatic carbocycles. The van der Waals surface area contributed by atoms with E-state index in [1.165, 1.54) is 28.9 Å². The Labute approximate surface area is 186 Å². The first-order chi connectivity index (χ1) is 15.7. The number of fused-ring (bicyclic) bond motifs is 1. The summed E-state index contributed by atoms with van der Waals surface area (Å²) in [5.41, 5.74) is 6.62. The first kappa shape index (κ1) is 21.7. The smallest absolute Gasteiger partial charge is 0.249 e. The number of amides is 1. The van der Waals surface area contributed by atoms with E-state index in [-0.39, 0.29) is 30.1 Å². The molecule has 1 saturated carbocycles. The molecule has 8 nitrogen and oxygen atoms in total. The molecule has 0 bridgehead atoms. The summed E-state index contributed by atoms with van der Waals surface area (Å²) >= 11 is 0. The van der Waals surface area contributed by atoms with Crippen LogP contribution in [-0.2, 0) is 9.53 Å². The summed E-state index contributed by atoms with van der Waals surface area (Å²) in [6.07, 6.45) is 2.92. The van der Waals surface area contributed by atoms with E-state index >= 15 is 4.39 Å². The van der Waals surface area contributed by atoms with Crippen LogP contribution in [0.25, 0.3) is 11.1 Å². The monoisotopic (exact) mass is 466 g/mol. The second-order valence-electron chi connectivity index (χ2n) is 8.59. The average molecular weight is 466 g/mol. The van der Waals surface area contributed by atoms with Crippen LogP contribution in [0, 0.1) is 11.7 Å². The predicted octanol–water partition coefficient (Wildman–Crippen LogP) is 2.23. The van der Waals surface area contributed by atoms with Gasteiger partial charge in [-0.3, -0.25) is 4.79 Å². The molecular weight excluding hydrogens is 444 g/mol. The zero-order valence-electron chi connectivity index (χ0n) is 17.7. The molecule has 3 atom stereocenters. The Balaban J connectivity index is 1.43. The van der Waals surface area contributed by atoms with E-state index in [2.05, 4.69) is 10.1 Å². The molecule has 33 heavy (non-hydrogen) atoms. The number of hydrogen-bond acceptors (Lipinski definition) is 6. The van der Waals surface area contributed by atoms with Crippen LogP contribution in [0.15, 0.2) is 30.7 Å². The van der Waals surface area contributed by atoms with E-state index in [0.717, 1.165) is 0 Å². The summed E-state index contributed by atoms with van der Waals surface area (Å²) in [6.45, 7) is -0.191. The van der Waals surface area contributed by atoms with Gasteiger partial charge in [0.1, 0.15) is 29.9 Å². The minimum Gasteiger partial charge on any atom is -0.382 e. The van der Waals surface area contributed by atoms with Crippen molar-refractivity contribution in [2.75, 3.05) is 25.9 Å². The molecule has 2 aromatic heterocycles. The number of nitrogens with two attached hydrogens (primary N) is 1. The number of alkyl halides is 3. The third-order valence-corrected chi connectivity index (χ3v) is 6.45. The number of nitrogen functional groups attached to an aromatic ring is 1. The second-order valence-corrected chi connectivity index (χ2v) is 8.59. The number of carbonyl (C=O) groups is 1. The number of carbonyl (C=O) groups excluding carboxylic acids is 1. The van der Waals surface area contributed by atoms with Crippen LogP contribution in [0.1, 0.15) is 18.5 Å².